The minimum absolute atomic E-state index is 0.0981. The van der Waals surface area contributed by atoms with Crippen LogP contribution in [0.15, 0.2) is 75.6 Å². The third kappa shape index (κ3) is 4.89. The average Bonchev–Trinajstić information content (AvgIpc) is 3.29. The molecule has 164 valence electrons. The minimum atomic E-state index is -0.342. The maximum atomic E-state index is 13.2. The van der Waals surface area contributed by atoms with Crippen LogP contribution in [-0.2, 0) is 24.4 Å². The van der Waals surface area contributed by atoms with E-state index in [1.165, 1.54) is 15.9 Å². The molecule has 1 N–H and O–H groups in total. The highest BCUT2D eigenvalue weighted by atomic mass is 32.1. The molecule has 2 aromatic carbocycles. The van der Waals surface area contributed by atoms with Gasteiger partial charge in [-0.05, 0) is 35.9 Å². The fourth-order valence-corrected chi connectivity index (χ4v) is 4.48. The zero-order valence-electron chi connectivity index (χ0n) is 17.9. The van der Waals surface area contributed by atoms with Crippen LogP contribution in [0.25, 0.3) is 10.2 Å². The number of carbonyl (C=O) groups excluding carboxylic acids is 1. The van der Waals surface area contributed by atoms with Crippen molar-refractivity contribution in [1.82, 2.24) is 14.5 Å². The van der Waals surface area contributed by atoms with Gasteiger partial charge >= 0.3 is 5.69 Å². The van der Waals surface area contributed by atoms with Crippen LogP contribution in [-0.4, -0.2) is 15.0 Å². The number of thiophene rings is 1. The number of hydrogen-bond donors (Lipinski definition) is 1. The fourth-order valence-electron chi connectivity index (χ4n) is 3.64. The zero-order valence-corrected chi connectivity index (χ0v) is 18.7. The summed E-state index contributed by atoms with van der Waals surface area (Å²) in [4.78, 5) is 38.3. The maximum absolute atomic E-state index is 13.2. The minimum Gasteiger partial charge on any atom is -0.352 e. The van der Waals surface area contributed by atoms with Gasteiger partial charge in [0.25, 0.3) is 5.56 Å². The van der Waals surface area contributed by atoms with Crippen molar-refractivity contribution >= 4 is 27.5 Å². The number of nitrogens with one attached hydrogen (secondary N) is 1. The molecule has 32 heavy (non-hydrogen) atoms. The quantitative estimate of drug-likeness (QED) is 0.448. The van der Waals surface area contributed by atoms with Crippen molar-refractivity contribution in [2.24, 2.45) is 0 Å². The van der Waals surface area contributed by atoms with Crippen LogP contribution in [0, 0.1) is 6.92 Å². The Morgan fingerprint density at radius 1 is 0.938 bits per heavy atom. The highest BCUT2D eigenvalue weighted by Crippen LogP contribution is 2.17. The van der Waals surface area contributed by atoms with Gasteiger partial charge in [-0.25, -0.2) is 4.79 Å². The topological polar surface area (TPSA) is 73.1 Å². The molecule has 4 rings (SSSR count). The summed E-state index contributed by atoms with van der Waals surface area (Å²) in [6, 6.07) is 19.5. The van der Waals surface area contributed by atoms with Gasteiger partial charge in [0.05, 0.1) is 12.1 Å². The molecule has 0 bridgehead atoms. The Kier molecular flexibility index (Phi) is 6.66. The molecule has 6 nitrogen and oxygen atoms in total. The van der Waals surface area contributed by atoms with E-state index in [-0.39, 0.29) is 30.1 Å². The number of hydrogen-bond acceptors (Lipinski definition) is 4. The highest BCUT2D eigenvalue weighted by molar-refractivity contribution is 7.17. The molecule has 0 radical (unpaired) electrons. The molecule has 2 heterocycles. The lowest BCUT2D eigenvalue weighted by atomic mass is 10.1. The summed E-state index contributed by atoms with van der Waals surface area (Å²) >= 11 is 1.34. The van der Waals surface area contributed by atoms with Crippen LogP contribution >= 0.6 is 11.3 Å². The molecule has 0 fully saturated rings. The molecular weight excluding hydrogens is 422 g/mol. The molecule has 0 aliphatic rings. The van der Waals surface area contributed by atoms with E-state index >= 15 is 0 Å². The first-order valence-corrected chi connectivity index (χ1v) is 11.5. The van der Waals surface area contributed by atoms with E-state index in [4.69, 9.17) is 0 Å². The summed E-state index contributed by atoms with van der Waals surface area (Å²) in [5.41, 5.74) is 3.20. The molecule has 0 aliphatic carbocycles. The molecule has 0 aliphatic heterocycles. The van der Waals surface area contributed by atoms with Crippen LogP contribution in [0.4, 0.5) is 0 Å². The van der Waals surface area contributed by atoms with Gasteiger partial charge in [-0.3, -0.25) is 18.7 Å². The number of aryl methyl sites for hydroxylation is 1. The summed E-state index contributed by atoms with van der Waals surface area (Å²) in [5.74, 6) is -0.0981. The van der Waals surface area contributed by atoms with Crippen molar-refractivity contribution in [3.8, 4) is 0 Å². The molecule has 0 unspecified atom stereocenters. The Labute approximate surface area is 189 Å². The Balaban J connectivity index is 1.48. The van der Waals surface area contributed by atoms with Crippen LogP contribution in [0.2, 0.25) is 0 Å². The average molecular weight is 448 g/mol. The van der Waals surface area contributed by atoms with Gasteiger partial charge in [-0.2, -0.15) is 0 Å². The van der Waals surface area contributed by atoms with Gasteiger partial charge in [0.15, 0.2) is 0 Å². The molecule has 0 atom stereocenters. The fraction of sp³-hybridized carbons (Fsp3) is 0.240. The number of rotatable bonds is 8. The lowest BCUT2D eigenvalue weighted by Gasteiger charge is -2.12. The number of benzene rings is 2. The van der Waals surface area contributed by atoms with Gasteiger partial charge in [0, 0.05) is 19.5 Å². The number of nitrogens with zero attached hydrogens (tertiary/aromatic N) is 2. The van der Waals surface area contributed by atoms with Crippen LogP contribution in [0.3, 0.4) is 0 Å². The second-order valence-electron chi connectivity index (χ2n) is 7.81. The van der Waals surface area contributed by atoms with Crippen molar-refractivity contribution in [1.29, 1.82) is 0 Å². The van der Waals surface area contributed by atoms with Gasteiger partial charge in [0.1, 0.15) is 4.70 Å². The third-order valence-corrected chi connectivity index (χ3v) is 6.31. The van der Waals surface area contributed by atoms with E-state index in [1.807, 2.05) is 73.0 Å². The van der Waals surface area contributed by atoms with E-state index < -0.39 is 0 Å². The van der Waals surface area contributed by atoms with E-state index in [9.17, 15) is 14.4 Å². The monoisotopic (exact) mass is 447 g/mol. The van der Waals surface area contributed by atoms with Crippen molar-refractivity contribution in [2.75, 3.05) is 0 Å². The molecule has 1 amide bonds. The number of carbonyl (C=O) groups is 1. The zero-order chi connectivity index (χ0) is 22.5. The van der Waals surface area contributed by atoms with Gasteiger partial charge in [-0.1, -0.05) is 60.2 Å². The van der Waals surface area contributed by atoms with E-state index in [1.54, 1.807) is 4.57 Å². The summed E-state index contributed by atoms with van der Waals surface area (Å²) in [5, 5.41) is 4.71. The lowest BCUT2D eigenvalue weighted by molar-refractivity contribution is -0.121. The Bertz CT molecular complexity index is 1340. The normalized spacial score (nSPS) is 11.0. The second kappa shape index (κ2) is 9.78. The molecule has 2 aromatic heterocycles. The van der Waals surface area contributed by atoms with Crippen LogP contribution in [0.1, 0.15) is 29.5 Å². The van der Waals surface area contributed by atoms with Gasteiger partial charge in [0.2, 0.25) is 5.91 Å². The molecule has 0 saturated carbocycles. The predicted molar refractivity (Wildman–Crippen MR) is 128 cm³/mol. The van der Waals surface area contributed by atoms with Crippen molar-refractivity contribution < 1.29 is 4.79 Å². The first-order chi connectivity index (χ1) is 15.5. The Morgan fingerprint density at radius 2 is 1.69 bits per heavy atom. The van der Waals surface area contributed by atoms with Crippen molar-refractivity contribution in [3.63, 3.8) is 0 Å². The number of fused-ring (bicyclic) bond motifs is 1. The summed E-state index contributed by atoms with van der Waals surface area (Å²) < 4.78 is 3.47. The summed E-state index contributed by atoms with van der Waals surface area (Å²) in [6.07, 6.45) is 0.663. The molecular formula is C25H25N3O3S. The summed E-state index contributed by atoms with van der Waals surface area (Å²) in [7, 11) is 0. The smallest absolute Gasteiger partial charge is 0.331 e. The van der Waals surface area contributed by atoms with Crippen molar-refractivity contribution in [3.05, 3.63) is 104 Å². The van der Waals surface area contributed by atoms with Crippen molar-refractivity contribution in [2.45, 2.75) is 39.4 Å². The SMILES string of the molecule is Cc1ccc(Cn2c(=O)n(CCCC(=O)NCc3ccccc3)c(=O)c3sccc32)cc1. The molecule has 0 spiro atoms. The van der Waals surface area contributed by atoms with E-state index in [2.05, 4.69) is 5.32 Å². The lowest BCUT2D eigenvalue weighted by Crippen LogP contribution is -2.40. The summed E-state index contributed by atoms with van der Waals surface area (Å²) in [6.45, 7) is 3.08. The standard InChI is InChI=1S/C25H25N3O3S/c1-18-9-11-20(12-10-18)17-28-21-13-15-32-23(21)24(30)27(25(28)31)14-5-8-22(29)26-16-19-6-3-2-4-7-19/h2-4,6-7,9-13,15H,5,8,14,16-17H2,1H3,(H,26,29). The highest BCUT2D eigenvalue weighted by Gasteiger charge is 2.15. The Hall–Kier alpha value is -3.45. The van der Waals surface area contributed by atoms with Gasteiger partial charge < -0.3 is 5.32 Å². The van der Waals surface area contributed by atoms with E-state index in [0.29, 0.717) is 29.7 Å². The molecule has 4 aromatic rings. The largest absolute Gasteiger partial charge is 0.352 e. The second-order valence-corrected chi connectivity index (χ2v) is 8.73. The first kappa shape index (κ1) is 21.8. The molecule has 7 heteroatoms. The van der Waals surface area contributed by atoms with Crippen LogP contribution < -0.4 is 16.6 Å². The van der Waals surface area contributed by atoms with E-state index in [0.717, 1.165) is 16.7 Å². The predicted octanol–water partition coefficient (Wildman–Crippen LogP) is 3.68. The molecule has 0 saturated heterocycles. The number of aromatic nitrogens is 2. The number of amides is 1. The Morgan fingerprint density at radius 3 is 2.44 bits per heavy atom. The van der Waals surface area contributed by atoms with Crippen LogP contribution in [0.5, 0.6) is 0 Å². The first-order valence-electron chi connectivity index (χ1n) is 10.6. The third-order valence-electron chi connectivity index (χ3n) is 5.42. The van der Waals surface area contributed by atoms with Gasteiger partial charge in [-0.15, -0.1) is 11.3 Å². The maximum Gasteiger partial charge on any atom is 0.331 e.